The monoisotopic (exact) mass is 363 g/mol. The summed E-state index contributed by atoms with van der Waals surface area (Å²) in [6.07, 6.45) is 2.37. The van der Waals surface area contributed by atoms with Gasteiger partial charge in [0.05, 0.1) is 0 Å². The van der Waals surface area contributed by atoms with Crippen molar-refractivity contribution >= 4 is 49.1 Å². The molecule has 0 aliphatic heterocycles. The third-order valence-corrected chi connectivity index (χ3v) is 5.97. The predicted molar refractivity (Wildman–Crippen MR) is 71.8 cm³/mol. The zero-order valence-electron chi connectivity index (χ0n) is 9.07. The number of nitrogens with zero attached hydrogens (tertiary/aromatic N) is 2. The molecule has 2 N–H and O–H groups in total. The van der Waals surface area contributed by atoms with Crippen LogP contribution in [0.4, 0.5) is 5.82 Å². The van der Waals surface area contributed by atoms with Crippen molar-refractivity contribution in [2.45, 2.75) is 4.21 Å². The summed E-state index contributed by atoms with van der Waals surface area (Å²) in [4.78, 5) is 18.2. The highest BCUT2D eigenvalue weighted by Gasteiger charge is 2.23. The molecule has 0 unspecified atom stereocenters. The molecule has 0 bridgehead atoms. The van der Waals surface area contributed by atoms with Crippen molar-refractivity contribution in [1.82, 2.24) is 9.97 Å². The summed E-state index contributed by atoms with van der Waals surface area (Å²) >= 11 is 4.10. The predicted octanol–water partition coefficient (Wildman–Crippen LogP) is 1.80. The summed E-state index contributed by atoms with van der Waals surface area (Å²) in [6, 6.07) is 1.58. The van der Waals surface area contributed by atoms with E-state index in [-0.39, 0.29) is 10.0 Å². The average Bonchev–Trinajstić information content (AvgIpc) is 2.76. The van der Waals surface area contributed by atoms with Crippen molar-refractivity contribution in [3.8, 4) is 0 Å². The molecular formula is C9H6BrN3O4S2. The zero-order chi connectivity index (χ0) is 14.0. The third kappa shape index (κ3) is 2.91. The van der Waals surface area contributed by atoms with Gasteiger partial charge < -0.3 is 5.11 Å². The number of carbonyl (C=O) groups is 1. The van der Waals surface area contributed by atoms with Gasteiger partial charge in [-0.3, -0.25) is 4.72 Å². The smallest absolute Gasteiger partial charge is 0.358 e. The number of sulfonamides is 1. The Bertz CT molecular complexity index is 729. The van der Waals surface area contributed by atoms with Crippen LogP contribution in [0.5, 0.6) is 0 Å². The SMILES string of the molecule is O=C(O)c1nccnc1NS(=O)(=O)c1sccc1Br. The highest BCUT2D eigenvalue weighted by atomic mass is 79.9. The number of thiophene rings is 1. The van der Waals surface area contributed by atoms with Crippen LogP contribution in [-0.4, -0.2) is 29.5 Å². The van der Waals surface area contributed by atoms with Crippen LogP contribution in [0.2, 0.25) is 0 Å². The van der Waals surface area contributed by atoms with E-state index >= 15 is 0 Å². The number of hydrogen-bond donors (Lipinski definition) is 2. The van der Waals surface area contributed by atoms with Crippen LogP contribution >= 0.6 is 27.3 Å². The minimum absolute atomic E-state index is 0.0366. The van der Waals surface area contributed by atoms with Crippen molar-refractivity contribution in [1.29, 1.82) is 0 Å². The Labute approximate surface area is 120 Å². The first-order valence-corrected chi connectivity index (χ1v) is 7.87. The molecule has 0 aliphatic carbocycles. The number of aromatic carboxylic acids is 1. The Morgan fingerprint density at radius 1 is 1.37 bits per heavy atom. The Morgan fingerprint density at radius 2 is 2.05 bits per heavy atom. The standard InChI is InChI=1S/C9H6BrN3O4S2/c10-5-1-4-18-9(5)19(16,17)13-7-6(8(14)15)11-2-3-12-7/h1-4H,(H,12,13)(H,14,15). The van der Waals surface area contributed by atoms with Crippen LogP contribution in [0, 0.1) is 0 Å². The third-order valence-electron chi connectivity index (χ3n) is 1.96. The molecule has 2 rings (SSSR count). The molecule has 0 saturated carbocycles. The number of nitrogens with one attached hydrogen (secondary N) is 1. The van der Waals surface area contributed by atoms with E-state index in [0.29, 0.717) is 4.47 Å². The number of halogens is 1. The lowest BCUT2D eigenvalue weighted by Gasteiger charge is -2.07. The molecule has 2 aromatic rings. The van der Waals surface area contributed by atoms with Crippen molar-refractivity contribution < 1.29 is 18.3 Å². The zero-order valence-corrected chi connectivity index (χ0v) is 12.3. The molecule has 0 aliphatic rings. The van der Waals surface area contributed by atoms with E-state index in [1.165, 1.54) is 12.4 Å². The van der Waals surface area contributed by atoms with E-state index in [2.05, 4.69) is 30.6 Å². The second-order valence-electron chi connectivity index (χ2n) is 3.22. The highest BCUT2D eigenvalue weighted by Crippen LogP contribution is 2.29. The molecule has 10 heteroatoms. The number of carboxylic acids is 1. The lowest BCUT2D eigenvalue weighted by Crippen LogP contribution is -2.17. The Kier molecular flexibility index (Phi) is 3.83. The van der Waals surface area contributed by atoms with Crippen molar-refractivity contribution in [2.24, 2.45) is 0 Å². The summed E-state index contributed by atoms with van der Waals surface area (Å²) in [5, 5.41) is 10.5. The van der Waals surface area contributed by atoms with E-state index < -0.39 is 21.7 Å². The number of carboxylic acid groups (broad SMARTS) is 1. The molecule has 2 heterocycles. The fourth-order valence-corrected chi connectivity index (χ4v) is 4.57. The fourth-order valence-electron chi connectivity index (χ4n) is 1.21. The van der Waals surface area contributed by atoms with Crippen LogP contribution in [-0.2, 0) is 10.0 Å². The van der Waals surface area contributed by atoms with Gasteiger partial charge in [-0.1, -0.05) is 0 Å². The molecular weight excluding hydrogens is 358 g/mol. The van der Waals surface area contributed by atoms with E-state index in [1.807, 2.05) is 0 Å². The Balaban J connectivity index is 2.42. The van der Waals surface area contributed by atoms with Gasteiger partial charge in [-0.05, 0) is 27.4 Å². The van der Waals surface area contributed by atoms with Gasteiger partial charge in [-0.15, -0.1) is 11.3 Å². The minimum Gasteiger partial charge on any atom is -0.476 e. The minimum atomic E-state index is -3.90. The van der Waals surface area contributed by atoms with Crippen LogP contribution in [0.25, 0.3) is 0 Å². The van der Waals surface area contributed by atoms with E-state index in [1.54, 1.807) is 11.4 Å². The van der Waals surface area contributed by atoms with E-state index in [4.69, 9.17) is 5.11 Å². The normalized spacial score (nSPS) is 11.2. The Morgan fingerprint density at radius 3 is 2.63 bits per heavy atom. The van der Waals surface area contributed by atoms with Crippen LogP contribution < -0.4 is 4.72 Å². The fraction of sp³-hybridized carbons (Fsp3) is 0. The topological polar surface area (TPSA) is 109 Å². The van der Waals surface area contributed by atoms with E-state index in [9.17, 15) is 13.2 Å². The lowest BCUT2D eigenvalue weighted by atomic mass is 10.4. The van der Waals surface area contributed by atoms with Crippen LogP contribution in [0.15, 0.2) is 32.5 Å². The number of aromatic nitrogens is 2. The molecule has 100 valence electrons. The van der Waals surface area contributed by atoms with Gasteiger partial charge >= 0.3 is 5.97 Å². The maximum Gasteiger partial charge on any atom is 0.358 e. The Hall–Kier alpha value is -1.52. The molecule has 2 aromatic heterocycles. The largest absolute Gasteiger partial charge is 0.476 e. The first kappa shape index (κ1) is 13.9. The first-order chi connectivity index (χ1) is 8.92. The average molecular weight is 364 g/mol. The quantitative estimate of drug-likeness (QED) is 0.856. The number of anilines is 1. The van der Waals surface area contributed by atoms with Gasteiger partial charge in [-0.25, -0.2) is 23.2 Å². The summed E-state index contributed by atoms with van der Waals surface area (Å²) in [5.41, 5.74) is -0.459. The molecule has 0 spiro atoms. The molecule has 19 heavy (non-hydrogen) atoms. The number of rotatable bonds is 4. The van der Waals surface area contributed by atoms with Gasteiger partial charge in [0.15, 0.2) is 15.7 Å². The molecule has 0 aromatic carbocycles. The first-order valence-electron chi connectivity index (χ1n) is 4.72. The summed E-state index contributed by atoms with van der Waals surface area (Å²) in [6.45, 7) is 0. The van der Waals surface area contributed by atoms with E-state index in [0.717, 1.165) is 11.3 Å². The maximum atomic E-state index is 12.1. The molecule has 0 saturated heterocycles. The van der Waals surface area contributed by atoms with Gasteiger partial charge in [0.2, 0.25) is 0 Å². The second kappa shape index (κ2) is 5.23. The van der Waals surface area contributed by atoms with Gasteiger partial charge in [0, 0.05) is 16.9 Å². The molecule has 0 amide bonds. The van der Waals surface area contributed by atoms with Gasteiger partial charge in [0.25, 0.3) is 10.0 Å². The summed E-state index contributed by atoms with van der Waals surface area (Å²) < 4.78 is 26.7. The van der Waals surface area contributed by atoms with Gasteiger partial charge in [0.1, 0.15) is 0 Å². The van der Waals surface area contributed by atoms with Crippen molar-refractivity contribution in [3.63, 3.8) is 0 Å². The van der Waals surface area contributed by atoms with Crippen LogP contribution in [0.1, 0.15) is 10.5 Å². The maximum absolute atomic E-state index is 12.1. The molecule has 7 nitrogen and oxygen atoms in total. The van der Waals surface area contributed by atoms with Crippen LogP contribution in [0.3, 0.4) is 0 Å². The second-order valence-corrected chi connectivity index (χ2v) is 6.87. The molecule has 0 fully saturated rings. The molecule has 0 radical (unpaired) electrons. The van der Waals surface area contributed by atoms with Crippen molar-refractivity contribution in [3.05, 3.63) is 34.0 Å². The summed E-state index contributed by atoms with van der Waals surface area (Å²) in [5.74, 6) is -1.69. The summed E-state index contributed by atoms with van der Waals surface area (Å²) in [7, 11) is -3.90. The van der Waals surface area contributed by atoms with Crippen molar-refractivity contribution in [2.75, 3.05) is 4.72 Å². The highest BCUT2D eigenvalue weighted by molar-refractivity contribution is 9.10. The number of hydrogen-bond acceptors (Lipinski definition) is 6. The van der Waals surface area contributed by atoms with Gasteiger partial charge in [-0.2, -0.15) is 0 Å². The lowest BCUT2D eigenvalue weighted by molar-refractivity contribution is 0.0691. The molecule has 0 atom stereocenters.